The van der Waals surface area contributed by atoms with Gasteiger partial charge in [-0.2, -0.15) is 0 Å². The zero-order valence-corrected chi connectivity index (χ0v) is 12.7. The quantitative estimate of drug-likeness (QED) is 0.915. The van der Waals surface area contributed by atoms with Crippen molar-refractivity contribution in [2.75, 3.05) is 14.2 Å². The molecule has 2 rings (SSSR count). The number of ether oxygens (including phenoxy) is 2. The lowest BCUT2D eigenvalue weighted by atomic mass is 9.98. The zero-order chi connectivity index (χ0) is 15.4. The predicted molar refractivity (Wildman–Crippen MR) is 81.6 cm³/mol. The van der Waals surface area contributed by atoms with Crippen molar-refractivity contribution in [3.05, 3.63) is 58.4 Å². The summed E-state index contributed by atoms with van der Waals surface area (Å²) < 4.78 is 23.4. The summed E-state index contributed by atoms with van der Waals surface area (Å²) in [6.45, 7) is 0. The largest absolute Gasteiger partial charge is 0.495 e. The second kappa shape index (κ2) is 6.78. The Balaban J connectivity index is 2.28. The van der Waals surface area contributed by atoms with Crippen LogP contribution >= 0.6 is 11.6 Å². The van der Waals surface area contributed by atoms with Gasteiger partial charge in [-0.15, -0.1) is 0 Å². The monoisotopic (exact) mass is 309 g/mol. The van der Waals surface area contributed by atoms with Gasteiger partial charge < -0.3 is 15.2 Å². The summed E-state index contributed by atoms with van der Waals surface area (Å²) in [6, 6.07) is 9.54. The molecule has 1 atom stereocenters. The van der Waals surface area contributed by atoms with Crippen LogP contribution in [0, 0.1) is 5.82 Å². The molecule has 0 fully saturated rings. The van der Waals surface area contributed by atoms with Gasteiger partial charge in [-0.25, -0.2) is 4.39 Å². The molecule has 0 aliphatic heterocycles. The molecule has 0 heterocycles. The summed E-state index contributed by atoms with van der Waals surface area (Å²) in [7, 11) is 3.08. The van der Waals surface area contributed by atoms with Gasteiger partial charge in [0, 0.05) is 11.6 Å². The van der Waals surface area contributed by atoms with E-state index in [1.165, 1.54) is 19.2 Å². The lowest BCUT2D eigenvalue weighted by Gasteiger charge is -2.18. The molecule has 0 aromatic heterocycles. The molecular formula is C16H17ClFNO2. The minimum absolute atomic E-state index is 0.266. The van der Waals surface area contributed by atoms with Gasteiger partial charge >= 0.3 is 0 Å². The fourth-order valence-electron chi connectivity index (χ4n) is 2.19. The maximum absolute atomic E-state index is 12.9. The topological polar surface area (TPSA) is 44.5 Å². The predicted octanol–water partition coefficient (Wildman–Crippen LogP) is 3.74. The van der Waals surface area contributed by atoms with Gasteiger partial charge in [0.1, 0.15) is 22.3 Å². The van der Waals surface area contributed by atoms with E-state index in [1.54, 1.807) is 25.3 Å². The van der Waals surface area contributed by atoms with E-state index in [2.05, 4.69) is 0 Å². The summed E-state index contributed by atoms with van der Waals surface area (Å²) in [4.78, 5) is 0. The summed E-state index contributed by atoms with van der Waals surface area (Å²) in [6.07, 6.45) is 0.555. The molecule has 5 heteroatoms. The Morgan fingerprint density at radius 1 is 1.10 bits per heavy atom. The molecule has 0 radical (unpaired) electrons. The summed E-state index contributed by atoms with van der Waals surface area (Å²) in [5, 5.41) is 0.395. The third-order valence-electron chi connectivity index (χ3n) is 3.28. The SMILES string of the molecule is COc1ccc(C(N)Cc2ccc(F)cc2)c(OC)c1Cl. The van der Waals surface area contributed by atoms with Gasteiger partial charge in [0.2, 0.25) is 0 Å². The molecular weight excluding hydrogens is 293 g/mol. The van der Waals surface area contributed by atoms with Crippen LogP contribution < -0.4 is 15.2 Å². The third-order valence-corrected chi connectivity index (χ3v) is 3.64. The molecule has 0 amide bonds. The molecule has 3 nitrogen and oxygen atoms in total. The van der Waals surface area contributed by atoms with Crippen LogP contribution in [0.4, 0.5) is 4.39 Å². The average Bonchev–Trinajstić information content (AvgIpc) is 2.49. The summed E-state index contributed by atoms with van der Waals surface area (Å²) >= 11 is 6.23. The summed E-state index contributed by atoms with van der Waals surface area (Å²) in [5.41, 5.74) is 7.96. The van der Waals surface area contributed by atoms with E-state index in [4.69, 9.17) is 26.8 Å². The first-order chi connectivity index (χ1) is 10.1. The Kier molecular flexibility index (Phi) is 5.04. The molecule has 112 valence electrons. The van der Waals surface area contributed by atoms with Crippen molar-refractivity contribution in [1.29, 1.82) is 0 Å². The number of nitrogens with two attached hydrogens (primary N) is 1. The van der Waals surface area contributed by atoms with Crippen LogP contribution in [0.5, 0.6) is 11.5 Å². The lowest BCUT2D eigenvalue weighted by molar-refractivity contribution is 0.388. The van der Waals surface area contributed by atoms with Gasteiger partial charge in [0.15, 0.2) is 0 Å². The molecule has 0 bridgehead atoms. The summed E-state index contributed by atoms with van der Waals surface area (Å²) in [5.74, 6) is 0.772. The number of methoxy groups -OCH3 is 2. The van der Waals surface area contributed by atoms with Crippen molar-refractivity contribution in [2.24, 2.45) is 5.73 Å². The Labute approximate surface area is 128 Å². The van der Waals surface area contributed by atoms with E-state index in [9.17, 15) is 4.39 Å². The number of rotatable bonds is 5. The van der Waals surface area contributed by atoms with E-state index in [0.717, 1.165) is 11.1 Å². The van der Waals surface area contributed by atoms with Gasteiger partial charge in [-0.05, 0) is 36.2 Å². The molecule has 0 aliphatic carbocycles. The Morgan fingerprint density at radius 3 is 2.33 bits per heavy atom. The first kappa shape index (κ1) is 15.6. The number of hydrogen-bond acceptors (Lipinski definition) is 3. The number of halogens is 2. The van der Waals surface area contributed by atoms with Crippen LogP contribution in [0.2, 0.25) is 5.02 Å². The van der Waals surface area contributed by atoms with Crippen molar-refractivity contribution >= 4 is 11.6 Å². The van der Waals surface area contributed by atoms with E-state index in [0.29, 0.717) is 22.9 Å². The highest BCUT2D eigenvalue weighted by atomic mass is 35.5. The number of benzene rings is 2. The molecule has 21 heavy (non-hydrogen) atoms. The van der Waals surface area contributed by atoms with Crippen LogP contribution in [-0.2, 0) is 6.42 Å². The van der Waals surface area contributed by atoms with Gasteiger partial charge in [0.25, 0.3) is 0 Å². The highest BCUT2D eigenvalue weighted by Crippen LogP contribution is 2.39. The van der Waals surface area contributed by atoms with E-state index in [1.807, 2.05) is 6.07 Å². The average molecular weight is 310 g/mol. The first-order valence-corrected chi connectivity index (χ1v) is 6.85. The normalized spacial score (nSPS) is 12.0. The molecule has 2 aromatic carbocycles. The minimum atomic E-state index is -0.311. The van der Waals surface area contributed by atoms with Crippen molar-refractivity contribution < 1.29 is 13.9 Å². The highest BCUT2D eigenvalue weighted by molar-refractivity contribution is 6.33. The van der Waals surface area contributed by atoms with Crippen molar-refractivity contribution in [2.45, 2.75) is 12.5 Å². The first-order valence-electron chi connectivity index (χ1n) is 6.47. The maximum atomic E-state index is 12.9. The number of hydrogen-bond donors (Lipinski definition) is 1. The molecule has 0 saturated carbocycles. The van der Waals surface area contributed by atoms with Gasteiger partial charge in [-0.1, -0.05) is 23.7 Å². The Bertz CT molecular complexity index is 616. The zero-order valence-electron chi connectivity index (χ0n) is 11.9. The standard InChI is InChI=1S/C16H17ClFNO2/c1-20-14-8-7-12(16(21-2)15(14)17)13(19)9-10-3-5-11(18)6-4-10/h3-8,13H,9,19H2,1-2H3. The molecule has 2 aromatic rings. The van der Waals surface area contributed by atoms with Crippen molar-refractivity contribution in [3.8, 4) is 11.5 Å². The highest BCUT2D eigenvalue weighted by Gasteiger charge is 2.18. The Hall–Kier alpha value is -1.78. The fraction of sp³-hybridized carbons (Fsp3) is 0.250. The van der Waals surface area contributed by atoms with Crippen molar-refractivity contribution in [3.63, 3.8) is 0 Å². The third kappa shape index (κ3) is 3.46. The molecule has 0 spiro atoms. The minimum Gasteiger partial charge on any atom is -0.495 e. The van der Waals surface area contributed by atoms with Gasteiger partial charge in [-0.3, -0.25) is 0 Å². The van der Waals surface area contributed by atoms with Crippen LogP contribution in [0.15, 0.2) is 36.4 Å². The smallest absolute Gasteiger partial charge is 0.146 e. The Morgan fingerprint density at radius 2 is 1.76 bits per heavy atom. The van der Waals surface area contributed by atoms with E-state index >= 15 is 0 Å². The van der Waals surface area contributed by atoms with Crippen LogP contribution in [0.1, 0.15) is 17.2 Å². The second-order valence-electron chi connectivity index (χ2n) is 4.64. The maximum Gasteiger partial charge on any atom is 0.146 e. The van der Waals surface area contributed by atoms with Gasteiger partial charge in [0.05, 0.1) is 14.2 Å². The van der Waals surface area contributed by atoms with Crippen LogP contribution in [0.3, 0.4) is 0 Å². The fourth-order valence-corrected chi connectivity index (χ4v) is 2.52. The van der Waals surface area contributed by atoms with E-state index < -0.39 is 0 Å². The second-order valence-corrected chi connectivity index (χ2v) is 5.02. The molecule has 1 unspecified atom stereocenters. The van der Waals surface area contributed by atoms with Crippen LogP contribution in [0.25, 0.3) is 0 Å². The van der Waals surface area contributed by atoms with E-state index in [-0.39, 0.29) is 11.9 Å². The molecule has 0 saturated heterocycles. The molecule has 0 aliphatic rings. The molecule has 2 N–H and O–H groups in total. The van der Waals surface area contributed by atoms with Crippen molar-refractivity contribution in [1.82, 2.24) is 0 Å². The lowest BCUT2D eigenvalue weighted by Crippen LogP contribution is -2.15. The van der Waals surface area contributed by atoms with Crippen LogP contribution in [-0.4, -0.2) is 14.2 Å².